The van der Waals surface area contributed by atoms with Gasteiger partial charge in [0.25, 0.3) is 5.91 Å². The van der Waals surface area contributed by atoms with Crippen molar-refractivity contribution in [1.82, 2.24) is 0 Å². The van der Waals surface area contributed by atoms with Gasteiger partial charge in [0.05, 0.1) is 18.9 Å². The van der Waals surface area contributed by atoms with E-state index < -0.39 is 0 Å². The molecule has 0 fully saturated rings. The van der Waals surface area contributed by atoms with Crippen molar-refractivity contribution in [3.8, 4) is 11.5 Å². The predicted octanol–water partition coefficient (Wildman–Crippen LogP) is 5.25. The maximum absolute atomic E-state index is 12.6. The normalized spacial score (nSPS) is 11.4. The molecule has 2 rings (SSSR count). The van der Waals surface area contributed by atoms with Crippen molar-refractivity contribution in [3.63, 3.8) is 0 Å². The lowest BCUT2D eigenvalue weighted by atomic mass is 10.2. The van der Waals surface area contributed by atoms with Crippen LogP contribution in [0.1, 0.15) is 56.8 Å². The summed E-state index contributed by atoms with van der Waals surface area (Å²) in [6, 6.07) is 12.2. The SMILES string of the molecule is CCCCC(=O)Nc1ccc(NC(=O)c2cccc(O[C@H](C)CC)c2)cc1OC. The van der Waals surface area contributed by atoms with Gasteiger partial charge in [-0.15, -0.1) is 0 Å². The van der Waals surface area contributed by atoms with E-state index in [1.165, 1.54) is 7.11 Å². The summed E-state index contributed by atoms with van der Waals surface area (Å²) in [6.45, 7) is 6.07. The molecule has 6 nitrogen and oxygen atoms in total. The van der Waals surface area contributed by atoms with E-state index in [2.05, 4.69) is 10.6 Å². The Hall–Kier alpha value is -3.02. The zero-order valence-corrected chi connectivity index (χ0v) is 17.6. The number of hydrogen-bond acceptors (Lipinski definition) is 4. The topological polar surface area (TPSA) is 76.7 Å². The first-order valence-corrected chi connectivity index (χ1v) is 10.0. The minimum Gasteiger partial charge on any atom is -0.494 e. The molecule has 29 heavy (non-hydrogen) atoms. The summed E-state index contributed by atoms with van der Waals surface area (Å²) in [5.41, 5.74) is 1.66. The molecule has 0 saturated heterocycles. The maximum Gasteiger partial charge on any atom is 0.255 e. The second kappa shape index (κ2) is 11.1. The van der Waals surface area contributed by atoms with Gasteiger partial charge < -0.3 is 20.1 Å². The Balaban J connectivity index is 2.08. The minimum atomic E-state index is -0.249. The summed E-state index contributed by atoms with van der Waals surface area (Å²) in [5, 5.41) is 5.70. The fourth-order valence-corrected chi connectivity index (χ4v) is 2.65. The van der Waals surface area contributed by atoms with E-state index in [0.717, 1.165) is 19.3 Å². The van der Waals surface area contributed by atoms with E-state index in [4.69, 9.17) is 9.47 Å². The number of hydrogen-bond donors (Lipinski definition) is 2. The fraction of sp³-hybridized carbons (Fsp3) is 0.391. The smallest absolute Gasteiger partial charge is 0.255 e. The molecule has 0 aliphatic heterocycles. The fourth-order valence-electron chi connectivity index (χ4n) is 2.65. The minimum absolute atomic E-state index is 0.0555. The lowest BCUT2D eigenvalue weighted by molar-refractivity contribution is -0.116. The molecule has 0 heterocycles. The molecule has 0 aromatic heterocycles. The Morgan fingerprint density at radius 2 is 1.86 bits per heavy atom. The second-order valence-electron chi connectivity index (χ2n) is 6.89. The zero-order chi connectivity index (χ0) is 21.2. The van der Waals surface area contributed by atoms with Crippen LogP contribution >= 0.6 is 0 Å². The molecule has 0 spiro atoms. The third kappa shape index (κ3) is 6.82. The molecule has 0 aliphatic carbocycles. The number of methoxy groups -OCH3 is 1. The zero-order valence-electron chi connectivity index (χ0n) is 17.6. The number of carbonyl (C=O) groups excluding carboxylic acids is 2. The third-order valence-corrected chi connectivity index (χ3v) is 4.50. The number of carbonyl (C=O) groups is 2. The van der Waals surface area contributed by atoms with Crippen molar-refractivity contribution in [2.45, 2.75) is 52.6 Å². The number of rotatable bonds is 10. The first-order chi connectivity index (χ1) is 14.0. The average molecular weight is 399 g/mol. The van der Waals surface area contributed by atoms with Crippen LogP contribution in [-0.4, -0.2) is 25.0 Å². The quantitative estimate of drug-likeness (QED) is 0.573. The molecular formula is C23H30N2O4. The number of nitrogens with one attached hydrogen (secondary N) is 2. The van der Waals surface area contributed by atoms with E-state index in [-0.39, 0.29) is 17.9 Å². The van der Waals surface area contributed by atoms with Gasteiger partial charge in [0.15, 0.2) is 0 Å². The van der Waals surface area contributed by atoms with Crippen molar-refractivity contribution in [1.29, 1.82) is 0 Å². The van der Waals surface area contributed by atoms with Gasteiger partial charge in [-0.3, -0.25) is 9.59 Å². The molecule has 2 aromatic rings. The number of anilines is 2. The van der Waals surface area contributed by atoms with E-state index in [9.17, 15) is 9.59 Å². The predicted molar refractivity (Wildman–Crippen MR) is 116 cm³/mol. The van der Waals surface area contributed by atoms with Crippen LogP contribution in [-0.2, 0) is 4.79 Å². The van der Waals surface area contributed by atoms with Gasteiger partial charge in [-0.05, 0) is 50.1 Å². The lowest BCUT2D eigenvalue weighted by Crippen LogP contribution is -2.14. The largest absolute Gasteiger partial charge is 0.494 e. The number of unbranched alkanes of at least 4 members (excludes halogenated alkanes) is 1. The first-order valence-electron chi connectivity index (χ1n) is 10.0. The van der Waals surface area contributed by atoms with E-state index in [1.807, 2.05) is 26.8 Å². The molecule has 0 unspecified atom stereocenters. The van der Waals surface area contributed by atoms with E-state index in [1.54, 1.807) is 36.4 Å². The van der Waals surface area contributed by atoms with Gasteiger partial charge in [-0.2, -0.15) is 0 Å². The Kier molecular flexibility index (Phi) is 8.52. The van der Waals surface area contributed by atoms with Crippen LogP contribution in [0.2, 0.25) is 0 Å². The van der Waals surface area contributed by atoms with Gasteiger partial charge in [-0.25, -0.2) is 0 Å². The van der Waals surface area contributed by atoms with E-state index in [0.29, 0.717) is 34.9 Å². The highest BCUT2D eigenvalue weighted by molar-refractivity contribution is 6.05. The maximum atomic E-state index is 12.6. The summed E-state index contributed by atoms with van der Waals surface area (Å²) in [6.07, 6.45) is 3.23. The number of ether oxygens (including phenoxy) is 2. The van der Waals surface area contributed by atoms with Crippen LogP contribution in [0.5, 0.6) is 11.5 Å². The summed E-state index contributed by atoms with van der Waals surface area (Å²) in [5.74, 6) is 0.845. The molecule has 1 atom stereocenters. The van der Waals surface area contributed by atoms with Gasteiger partial charge in [0.1, 0.15) is 11.5 Å². The molecular weight excluding hydrogens is 368 g/mol. The molecule has 0 radical (unpaired) electrons. The van der Waals surface area contributed by atoms with Crippen molar-refractivity contribution < 1.29 is 19.1 Å². The van der Waals surface area contributed by atoms with Crippen LogP contribution in [0.15, 0.2) is 42.5 Å². The van der Waals surface area contributed by atoms with E-state index >= 15 is 0 Å². The van der Waals surface area contributed by atoms with Crippen LogP contribution in [0.25, 0.3) is 0 Å². The van der Waals surface area contributed by atoms with Crippen molar-refractivity contribution in [3.05, 3.63) is 48.0 Å². The number of benzene rings is 2. The van der Waals surface area contributed by atoms with Gasteiger partial charge >= 0.3 is 0 Å². The Morgan fingerprint density at radius 3 is 2.55 bits per heavy atom. The molecule has 2 amide bonds. The van der Waals surface area contributed by atoms with Crippen LogP contribution < -0.4 is 20.1 Å². The Bertz CT molecular complexity index is 835. The highest BCUT2D eigenvalue weighted by atomic mass is 16.5. The third-order valence-electron chi connectivity index (χ3n) is 4.50. The molecule has 0 aliphatic rings. The molecule has 2 N–H and O–H groups in total. The number of amides is 2. The average Bonchev–Trinajstić information content (AvgIpc) is 2.73. The second-order valence-corrected chi connectivity index (χ2v) is 6.89. The molecule has 156 valence electrons. The Morgan fingerprint density at radius 1 is 1.07 bits per heavy atom. The first kappa shape index (κ1) is 22.3. The van der Waals surface area contributed by atoms with Crippen LogP contribution in [0, 0.1) is 0 Å². The summed E-state index contributed by atoms with van der Waals surface area (Å²) >= 11 is 0. The van der Waals surface area contributed by atoms with Crippen LogP contribution in [0.3, 0.4) is 0 Å². The molecule has 0 bridgehead atoms. The highest BCUT2D eigenvalue weighted by Crippen LogP contribution is 2.28. The molecule has 0 saturated carbocycles. The van der Waals surface area contributed by atoms with Gasteiger partial charge in [0.2, 0.25) is 5.91 Å². The standard InChI is InChI=1S/C23H30N2O4/c1-5-7-11-22(26)25-20-13-12-18(15-21(20)28-4)24-23(27)17-9-8-10-19(14-17)29-16(3)6-2/h8-10,12-16H,5-7,11H2,1-4H3,(H,24,27)(H,25,26)/t16-/m1/s1. The monoisotopic (exact) mass is 398 g/mol. The Labute approximate surface area is 172 Å². The summed E-state index contributed by atoms with van der Waals surface area (Å²) < 4.78 is 11.1. The van der Waals surface area contributed by atoms with Crippen molar-refractivity contribution >= 4 is 23.2 Å². The summed E-state index contributed by atoms with van der Waals surface area (Å²) in [4.78, 5) is 24.6. The van der Waals surface area contributed by atoms with Gasteiger partial charge in [0, 0.05) is 23.7 Å². The van der Waals surface area contributed by atoms with Gasteiger partial charge in [-0.1, -0.05) is 26.3 Å². The molecule has 2 aromatic carbocycles. The lowest BCUT2D eigenvalue weighted by Gasteiger charge is -2.14. The van der Waals surface area contributed by atoms with Crippen molar-refractivity contribution in [2.75, 3.05) is 17.7 Å². The molecule has 6 heteroatoms. The van der Waals surface area contributed by atoms with Crippen molar-refractivity contribution in [2.24, 2.45) is 0 Å². The highest BCUT2D eigenvalue weighted by Gasteiger charge is 2.12. The summed E-state index contributed by atoms with van der Waals surface area (Å²) in [7, 11) is 1.53. The van der Waals surface area contributed by atoms with Crippen LogP contribution in [0.4, 0.5) is 11.4 Å².